The first-order valence-electron chi connectivity index (χ1n) is 5.61. The molecule has 0 saturated heterocycles. The predicted molar refractivity (Wildman–Crippen MR) is 67.4 cm³/mol. The average Bonchev–Trinajstić information content (AvgIpc) is 2.39. The minimum atomic E-state index is -0.273. The van der Waals surface area contributed by atoms with Gasteiger partial charge < -0.3 is 19.5 Å². The molecule has 0 aliphatic heterocycles. The van der Waals surface area contributed by atoms with Crippen LogP contribution in [0, 0.1) is 0 Å². The molecule has 96 valence electrons. The third-order valence-electron chi connectivity index (χ3n) is 2.80. The lowest BCUT2D eigenvalue weighted by molar-refractivity contribution is -0.121. The standard InChI is InChI=1S/C13H21NO3/c1-14-11(13(16-3)17-4)9-10-7-5-6-8-12(10)15-2/h5-8,11,13-14H,9H2,1-4H3. The lowest BCUT2D eigenvalue weighted by Crippen LogP contribution is -2.41. The molecule has 0 heterocycles. The van der Waals surface area contributed by atoms with Gasteiger partial charge in [-0.25, -0.2) is 0 Å². The summed E-state index contributed by atoms with van der Waals surface area (Å²) in [6.07, 6.45) is 0.511. The number of nitrogens with one attached hydrogen (secondary N) is 1. The van der Waals surface area contributed by atoms with Crippen LogP contribution in [0.15, 0.2) is 24.3 Å². The molecule has 4 heteroatoms. The SMILES string of the molecule is CNC(Cc1ccccc1OC)C(OC)OC. The topological polar surface area (TPSA) is 39.7 Å². The van der Waals surface area contributed by atoms with Gasteiger partial charge in [0.25, 0.3) is 0 Å². The van der Waals surface area contributed by atoms with Crippen molar-refractivity contribution in [1.29, 1.82) is 0 Å². The third-order valence-corrected chi connectivity index (χ3v) is 2.80. The molecule has 0 aromatic heterocycles. The van der Waals surface area contributed by atoms with Gasteiger partial charge in [-0.05, 0) is 25.1 Å². The summed E-state index contributed by atoms with van der Waals surface area (Å²) in [5.41, 5.74) is 1.13. The van der Waals surface area contributed by atoms with E-state index in [1.54, 1.807) is 21.3 Å². The zero-order chi connectivity index (χ0) is 12.7. The van der Waals surface area contributed by atoms with Crippen LogP contribution in [0.2, 0.25) is 0 Å². The first-order valence-corrected chi connectivity index (χ1v) is 5.61. The summed E-state index contributed by atoms with van der Waals surface area (Å²) in [5.74, 6) is 0.888. The van der Waals surface area contributed by atoms with Crippen molar-refractivity contribution in [3.63, 3.8) is 0 Å². The Kier molecular flexibility index (Phi) is 5.97. The van der Waals surface area contributed by atoms with E-state index in [0.717, 1.165) is 17.7 Å². The highest BCUT2D eigenvalue weighted by molar-refractivity contribution is 5.33. The Hall–Kier alpha value is -1.10. The number of likely N-dealkylation sites (N-methyl/N-ethyl adjacent to an activating group) is 1. The molecule has 0 amide bonds. The Morgan fingerprint density at radius 3 is 2.29 bits per heavy atom. The maximum absolute atomic E-state index is 5.33. The van der Waals surface area contributed by atoms with Crippen LogP contribution in [0.3, 0.4) is 0 Å². The normalized spacial score (nSPS) is 12.8. The van der Waals surface area contributed by atoms with Crippen molar-refractivity contribution in [3.05, 3.63) is 29.8 Å². The van der Waals surface area contributed by atoms with Crippen LogP contribution in [-0.2, 0) is 15.9 Å². The lowest BCUT2D eigenvalue weighted by atomic mass is 10.0. The molecule has 17 heavy (non-hydrogen) atoms. The van der Waals surface area contributed by atoms with E-state index in [0.29, 0.717) is 0 Å². The van der Waals surface area contributed by atoms with Crippen molar-refractivity contribution in [3.8, 4) is 5.75 Å². The molecule has 0 aliphatic rings. The zero-order valence-corrected chi connectivity index (χ0v) is 10.9. The predicted octanol–water partition coefficient (Wildman–Crippen LogP) is 1.44. The first-order chi connectivity index (χ1) is 8.26. The number of methoxy groups -OCH3 is 3. The number of benzene rings is 1. The molecule has 1 aromatic rings. The molecule has 1 atom stereocenters. The molecule has 0 radical (unpaired) electrons. The van der Waals surface area contributed by atoms with Gasteiger partial charge in [0.15, 0.2) is 6.29 Å². The van der Waals surface area contributed by atoms with Crippen molar-refractivity contribution in [2.45, 2.75) is 18.8 Å². The van der Waals surface area contributed by atoms with E-state index in [1.165, 1.54) is 0 Å². The van der Waals surface area contributed by atoms with Gasteiger partial charge in [-0.1, -0.05) is 18.2 Å². The highest BCUT2D eigenvalue weighted by Crippen LogP contribution is 2.20. The molecule has 1 rings (SSSR count). The van der Waals surface area contributed by atoms with E-state index >= 15 is 0 Å². The molecule has 4 nitrogen and oxygen atoms in total. The van der Waals surface area contributed by atoms with Gasteiger partial charge in [0.2, 0.25) is 0 Å². The summed E-state index contributed by atoms with van der Waals surface area (Å²) in [4.78, 5) is 0. The van der Waals surface area contributed by atoms with E-state index in [-0.39, 0.29) is 12.3 Å². The number of rotatable bonds is 7. The van der Waals surface area contributed by atoms with E-state index in [4.69, 9.17) is 14.2 Å². The fourth-order valence-corrected chi connectivity index (χ4v) is 1.87. The quantitative estimate of drug-likeness (QED) is 0.731. The van der Waals surface area contributed by atoms with E-state index < -0.39 is 0 Å². The number of hydrogen-bond donors (Lipinski definition) is 1. The highest BCUT2D eigenvalue weighted by Gasteiger charge is 2.20. The summed E-state index contributed by atoms with van der Waals surface area (Å²) in [5, 5.41) is 3.20. The Balaban J connectivity index is 2.79. The summed E-state index contributed by atoms with van der Waals surface area (Å²) < 4.78 is 15.9. The van der Waals surface area contributed by atoms with Gasteiger partial charge in [-0.3, -0.25) is 0 Å². The molecule has 0 spiro atoms. The maximum atomic E-state index is 5.33. The van der Waals surface area contributed by atoms with Crippen LogP contribution in [0.5, 0.6) is 5.75 Å². The minimum Gasteiger partial charge on any atom is -0.496 e. The Labute approximate surface area is 103 Å². The van der Waals surface area contributed by atoms with Gasteiger partial charge >= 0.3 is 0 Å². The first kappa shape index (κ1) is 14.0. The maximum Gasteiger partial charge on any atom is 0.172 e. The van der Waals surface area contributed by atoms with Gasteiger partial charge in [0.1, 0.15) is 5.75 Å². The van der Waals surface area contributed by atoms with Gasteiger partial charge in [-0.2, -0.15) is 0 Å². The van der Waals surface area contributed by atoms with E-state index in [1.807, 2.05) is 31.3 Å². The monoisotopic (exact) mass is 239 g/mol. The van der Waals surface area contributed by atoms with E-state index in [9.17, 15) is 0 Å². The van der Waals surface area contributed by atoms with Crippen LogP contribution in [0.1, 0.15) is 5.56 Å². The fourth-order valence-electron chi connectivity index (χ4n) is 1.87. The second kappa shape index (κ2) is 7.27. The van der Waals surface area contributed by atoms with Crippen LogP contribution < -0.4 is 10.1 Å². The number of para-hydroxylation sites is 1. The molecule has 1 N–H and O–H groups in total. The summed E-state index contributed by atoms with van der Waals surface area (Å²) in [6.45, 7) is 0. The van der Waals surface area contributed by atoms with Crippen molar-refractivity contribution in [2.24, 2.45) is 0 Å². The summed E-state index contributed by atoms with van der Waals surface area (Å²) >= 11 is 0. The fraction of sp³-hybridized carbons (Fsp3) is 0.538. The van der Waals surface area contributed by atoms with Crippen molar-refractivity contribution < 1.29 is 14.2 Å². The molecule has 0 aliphatic carbocycles. The second-order valence-corrected chi connectivity index (χ2v) is 3.75. The minimum absolute atomic E-state index is 0.0845. The third kappa shape index (κ3) is 3.70. The molecular weight excluding hydrogens is 218 g/mol. The molecule has 1 unspecified atom stereocenters. The smallest absolute Gasteiger partial charge is 0.172 e. The molecule has 0 fully saturated rings. The van der Waals surface area contributed by atoms with Gasteiger partial charge in [0.05, 0.1) is 13.2 Å². The van der Waals surface area contributed by atoms with Gasteiger partial charge in [0, 0.05) is 14.2 Å². The average molecular weight is 239 g/mol. The second-order valence-electron chi connectivity index (χ2n) is 3.75. The van der Waals surface area contributed by atoms with Crippen molar-refractivity contribution in [1.82, 2.24) is 5.32 Å². The molecule has 0 saturated carbocycles. The Morgan fingerprint density at radius 2 is 1.76 bits per heavy atom. The van der Waals surface area contributed by atoms with E-state index in [2.05, 4.69) is 5.32 Å². The van der Waals surface area contributed by atoms with Crippen LogP contribution in [-0.4, -0.2) is 40.7 Å². The largest absolute Gasteiger partial charge is 0.496 e. The Bertz CT molecular complexity index is 326. The summed E-state index contributed by atoms with van der Waals surface area (Å²) in [7, 11) is 6.85. The molecular formula is C13H21NO3. The molecule has 1 aromatic carbocycles. The lowest BCUT2D eigenvalue weighted by Gasteiger charge is -2.24. The van der Waals surface area contributed by atoms with Crippen LogP contribution >= 0.6 is 0 Å². The molecule has 0 bridgehead atoms. The zero-order valence-electron chi connectivity index (χ0n) is 10.9. The summed E-state index contributed by atoms with van der Waals surface area (Å²) in [6, 6.07) is 8.05. The van der Waals surface area contributed by atoms with Crippen LogP contribution in [0.25, 0.3) is 0 Å². The number of ether oxygens (including phenoxy) is 3. The highest BCUT2D eigenvalue weighted by atomic mass is 16.7. The van der Waals surface area contributed by atoms with Crippen molar-refractivity contribution >= 4 is 0 Å². The van der Waals surface area contributed by atoms with Crippen LogP contribution in [0.4, 0.5) is 0 Å². The Morgan fingerprint density at radius 1 is 1.12 bits per heavy atom. The van der Waals surface area contributed by atoms with Crippen molar-refractivity contribution in [2.75, 3.05) is 28.4 Å². The number of hydrogen-bond acceptors (Lipinski definition) is 4. The van der Waals surface area contributed by atoms with Gasteiger partial charge in [-0.15, -0.1) is 0 Å².